The Balaban J connectivity index is 1.59. The van der Waals surface area contributed by atoms with Crippen LogP contribution in [0.4, 0.5) is 5.69 Å². The van der Waals surface area contributed by atoms with Crippen molar-refractivity contribution in [2.45, 2.75) is 12.8 Å². The van der Waals surface area contributed by atoms with Crippen LogP contribution in [0, 0.1) is 0 Å². The molecule has 6 heteroatoms. The number of benzene rings is 2. The van der Waals surface area contributed by atoms with E-state index in [-0.39, 0.29) is 12.3 Å². The molecule has 0 aliphatic carbocycles. The highest BCUT2D eigenvalue weighted by molar-refractivity contribution is 9.10. The van der Waals surface area contributed by atoms with E-state index in [0.29, 0.717) is 0 Å². The fraction of sp³-hybridized carbons (Fsp3) is 0.111. The Morgan fingerprint density at radius 3 is 2.75 bits per heavy atom. The maximum Gasteiger partial charge on any atom is 0.230 e. The number of halogens is 2. The van der Waals surface area contributed by atoms with Crippen molar-refractivity contribution in [1.82, 2.24) is 4.98 Å². The lowest BCUT2D eigenvalue weighted by Crippen LogP contribution is -2.14. The van der Waals surface area contributed by atoms with Gasteiger partial charge in [0.2, 0.25) is 5.91 Å². The van der Waals surface area contributed by atoms with E-state index < -0.39 is 0 Å². The number of hydrogen-bond donors (Lipinski definition) is 1. The molecule has 0 spiro atoms. The molecule has 0 saturated heterocycles. The fourth-order valence-corrected chi connectivity index (χ4v) is 3.54. The average Bonchev–Trinajstić information content (AvgIpc) is 2.96. The lowest BCUT2D eigenvalue weighted by molar-refractivity contribution is -0.115. The first-order chi connectivity index (χ1) is 11.6. The Labute approximate surface area is 157 Å². The smallest absolute Gasteiger partial charge is 0.230 e. The molecule has 24 heavy (non-hydrogen) atoms. The Kier molecular flexibility index (Phi) is 5.66. The summed E-state index contributed by atoms with van der Waals surface area (Å²) < 4.78 is 0.977. The van der Waals surface area contributed by atoms with E-state index in [1.54, 1.807) is 11.3 Å². The van der Waals surface area contributed by atoms with E-state index in [4.69, 9.17) is 11.6 Å². The van der Waals surface area contributed by atoms with Gasteiger partial charge < -0.3 is 5.32 Å². The van der Waals surface area contributed by atoms with Crippen LogP contribution in [0.5, 0.6) is 0 Å². The monoisotopic (exact) mass is 420 g/mol. The van der Waals surface area contributed by atoms with E-state index in [1.165, 1.54) is 0 Å². The first kappa shape index (κ1) is 17.1. The molecule has 3 rings (SSSR count). The SMILES string of the molecule is O=C(Cc1csc(Cc2cccc(Cl)c2)n1)Nc1ccc(Br)cc1. The highest BCUT2D eigenvalue weighted by Crippen LogP contribution is 2.19. The second-order valence-electron chi connectivity index (χ2n) is 5.27. The summed E-state index contributed by atoms with van der Waals surface area (Å²) in [6.45, 7) is 0. The number of nitrogens with zero attached hydrogens (tertiary/aromatic N) is 1. The van der Waals surface area contributed by atoms with Crippen LogP contribution >= 0.6 is 38.9 Å². The number of amides is 1. The largest absolute Gasteiger partial charge is 0.326 e. The molecular weight excluding hydrogens is 408 g/mol. The van der Waals surface area contributed by atoms with Gasteiger partial charge in [0.15, 0.2) is 0 Å². The maximum absolute atomic E-state index is 12.1. The number of hydrogen-bond acceptors (Lipinski definition) is 3. The number of thiazole rings is 1. The Hall–Kier alpha value is -1.69. The summed E-state index contributed by atoms with van der Waals surface area (Å²) in [6.07, 6.45) is 0.988. The van der Waals surface area contributed by atoms with Crippen molar-refractivity contribution >= 4 is 50.5 Å². The number of carbonyl (C=O) groups is 1. The second-order valence-corrected chi connectivity index (χ2v) is 7.57. The van der Waals surface area contributed by atoms with Gasteiger partial charge in [0.25, 0.3) is 0 Å². The van der Waals surface area contributed by atoms with Crippen LogP contribution in [0.25, 0.3) is 0 Å². The highest BCUT2D eigenvalue weighted by atomic mass is 79.9. The second kappa shape index (κ2) is 7.92. The highest BCUT2D eigenvalue weighted by Gasteiger charge is 2.09. The molecule has 1 aromatic heterocycles. The molecule has 0 fully saturated rings. The first-order valence-electron chi connectivity index (χ1n) is 7.31. The van der Waals surface area contributed by atoms with E-state index in [9.17, 15) is 4.79 Å². The van der Waals surface area contributed by atoms with Crippen molar-refractivity contribution in [3.63, 3.8) is 0 Å². The predicted molar refractivity (Wildman–Crippen MR) is 103 cm³/mol. The van der Waals surface area contributed by atoms with Crippen molar-refractivity contribution in [2.75, 3.05) is 5.32 Å². The van der Waals surface area contributed by atoms with Crippen LogP contribution < -0.4 is 5.32 Å². The van der Waals surface area contributed by atoms with Gasteiger partial charge in [-0.15, -0.1) is 11.3 Å². The van der Waals surface area contributed by atoms with Crippen LogP contribution in [-0.4, -0.2) is 10.9 Å². The normalized spacial score (nSPS) is 10.6. The van der Waals surface area contributed by atoms with Gasteiger partial charge in [0.05, 0.1) is 17.1 Å². The molecule has 1 N–H and O–H groups in total. The standard InChI is InChI=1S/C18H14BrClN2OS/c19-13-4-6-15(7-5-13)21-17(23)10-16-11-24-18(22-16)9-12-2-1-3-14(20)8-12/h1-8,11H,9-10H2,(H,21,23). The van der Waals surface area contributed by atoms with E-state index >= 15 is 0 Å². The van der Waals surface area contributed by atoms with Crippen molar-refractivity contribution in [3.05, 3.63) is 79.7 Å². The van der Waals surface area contributed by atoms with Crippen LogP contribution in [0.1, 0.15) is 16.3 Å². The summed E-state index contributed by atoms with van der Waals surface area (Å²) in [5, 5.41) is 6.50. The van der Waals surface area contributed by atoms with Gasteiger partial charge in [0, 0.05) is 27.0 Å². The molecule has 0 aliphatic rings. The maximum atomic E-state index is 12.1. The zero-order valence-electron chi connectivity index (χ0n) is 12.6. The van der Waals surface area contributed by atoms with Crippen molar-refractivity contribution in [1.29, 1.82) is 0 Å². The molecule has 1 amide bonds. The van der Waals surface area contributed by atoms with Gasteiger partial charge in [-0.05, 0) is 42.0 Å². The Bertz CT molecular complexity index is 848. The predicted octanol–water partition coefficient (Wildman–Crippen LogP) is 5.33. The summed E-state index contributed by atoms with van der Waals surface area (Å²) in [5.41, 5.74) is 2.67. The molecule has 0 unspecified atom stereocenters. The minimum atomic E-state index is -0.0723. The number of aromatic nitrogens is 1. The van der Waals surface area contributed by atoms with Gasteiger partial charge in [-0.2, -0.15) is 0 Å². The quantitative estimate of drug-likeness (QED) is 0.605. The topological polar surface area (TPSA) is 42.0 Å². The molecule has 3 nitrogen and oxygen atoms in total. The lowest BCUT2D eigenvalue weighted by atomic mass is 10.2. The zero-order valence-corrected chi connectivity index (χ0v) is 15.8. The van der Waals surface area contributed by atoms with Crippen LogP contribution in [-0.2, 0) is 17.6 Å². The van der Waals surface area contributed by atoms with Gasteiger partial charge in [-0.1, -0.05) is 39.7 Å². The van der Waals surface area contributed by atoms with Crippen molar-refractivity contribution in [2.24, 2.45) is 0 Å². The van der Waals surface area contributed by atoms with E-state index in [2.05, 4.69) is 26.2 Å². The molecule has 0 saturated carbocycles. The fourth-order valence-electron chi connectivity index (χ4n) is 2.24. The van der Waals surface area contributed by atoms with Gasteiger partial charge in [-0.3, -0.25) is 4.79 Å². The number of rotatable bonds is 5. The third kappa shape index (κ3) is 4.90. The van der Waals surface area contributed by atoms with Crippen molar-refractivity contribution in [3.8, 4) is 0 Å². The zero-order chi connectivity index (χ0) is 16.9. The molecule has 3 aromatic rings. The Morgan fingerprint density at radius 2 is 2.00 bits per heavy atom. The molecular formula is C18H14BrClN2OS. The Morgan fingerprint density at radius 1 is 1.21 bits per heavy atom. The minimum Gasteiger partial charge on any atom is -0.326 e. The average molecular weight is 422 g/mol. The molecule has 0 bridgehead atoms. The summed E-state index contributed by atoms with van der Waals surface area (Å²) in [5.74, 6) is -0.0723. The van der Waals surface area contributed by atoms with Crippen LogP contribution in [0.15, 0.2) is 58.4 Å². The lowest BCUT2D eigenvalue weighted by Gasteiger charge is -2.03. The number of carbonyl (C=O) groups excluding carboxylic acids is 1. The van der Waals surface area contributed by atoms with Gasteiger partial charge in [0.1, 0.15) is 0 Å². The number of nitrogens with one attached hydrogen (secondary N) is 1. The molecule has 0 atom stereocenters. The molecule has 122 valence electrons. The summed E-state index contributed by atoms with van der Waals surface area (Å²) in [4.78, 5) is 16.6. The van der Waals surface area contributed by atoms with E-state index in [0.717, 1.165) is 37.9 Å². The molecule has 0 radical (unpaired) electrons. The van der Waals surface area contributed by atoms with Crippen LogP contribution in [0.2, 0.25) is 5.02 Å². The van der Waals surface area contributed by atoms with Crippen LogP contribution in [0.3, 0.4) is 0 Å². The molecule has 1 heterocycles. The summed E-state index contributed by atoms with van der Waals surface area (Å²) in [7, 11) is 0. The molecule has 0 aliphatic heterocycles. The summed E-state index contributed by atoms with van der Waals surface area (Å²) >= 11 is 10.9. The van der Waals surface area contributed by atoms with E-state index in [1.807, 2.05) is 53.9 Å². The number of anilines is 1. The van der Waals surface area contributed by atoms with Gasteiger partial charge in [-0.25, -0.2) is 4.98 Å². The minimum absolute atomic E-state index is 0.0723. The molecule has 2 aromatic carbocycles. The summed E-state index contributed by atoms with van der Waals surface area (Å²) in [6, 6.07) is 15.2. The third-order valence-electron chi connectivity index (χ3n) is 3.31. The van der Waals surface area contributed by atoms with Gasteiger partial charge >= 0.3 is 0 Å². The van der Waals surface area contributed by atoms with Crippen molar-refractivity contribution < 1.29 is 4.79 Å². The third-order valence-corrected chi connectivity index (χ3v) is 4.97. The first-order valence-corrected chi connectivity index (χ1v) is 9.37.